The molecule has 1 aromatic rings. The Labute approximate surface area is 118 Å². The molecule has 2 unspecified atom stereocenters. The first-order valence-electron chi connectivity index (χ1n) is 6.00. The molecule has 0 bridgehead atoms. The minimum Gasteiger partial charge on any atom is -0.480 e. The fourth-order valence-electron chi connectivity index (χ4n) is 2.26. The van der Waals surface area contributed by atoms with Gasteiger partial charge in [-0.25, -0.2) is 8.42 Å². The number of carboxylic acid groups (broad SMARTS) is 1. The highest BCUT2D eigenvalue weighted by molar-refractivity contribution is 7.92. The molecule has 2 rings (SSSR count). The summed E-state index contributed by atoms with van der Waals surface area (Å²) in [4.78, 5) is 9.99. The van der Waals surface area contributed by atoms with Gasteiger partial charge in [-0.05, 0) is 18.6 Å². The van der Waals surface area contributed by atoms with E-state index in [9.17, 15) is 26.4 Å². The topological polar surface area (TPSA) is 83.5 Å². The first-order chi connectivity index (χ1) is 9.64. The number of hydrogen-bond acceptors (Lipinski definition) is 4. The lowest BCUT2D eigenvalue weighted by atomic mass is 10.2. The first kappa shape index (κ1) is 15.8. The fraction of sp³-hybridized carbons (Fsp3) is 0.417. The van der Waals surface area contributed by atoms with Crippen LogP contribution in [0.1, 0.15) is 12.0 Å². The van der Waals surface area contributed by atoms with Crippen LogP contribution in [0.2, 0.25) is 0 Å². The Morgan fingerprint density at radius 1 is 1.29 bits per heavy atom. The number of alkyl halides is 3. The Balaban J connectivity index is 2.40. The first-order valence-corrected chi connectivity index (χ1v) is 7.55. The SMILES string of the molecule is O=C(O)C1CC(S(=O)(=O)c2ccccc2C(F)(F)F)CN1. The second kappa shape index (κ2) is 5.30. The van der Waals surface area contributed by atoms with E-state index in [0.717, 1.165) is 12.1 Å². The van der Waals surface area contributed by atoms with Gasteiger partial charge >= 0.3 is 12.1 Å². The van der Waals surface area contributed by atoms with Gasteiger partial charge in [0.2, 0.25) is 0 Å². The summed E-state index contributed by atoms with van der Waals surface area (Å²) in [6.45, 7) is -0.189. The normalized spacial score (nSPS) is 23.2. The molecule has 1 aliphatic heterocycles. The van der Waals surface area contributed by atoms with Crippen molar-refractivity contribution in [1.29, 1.82) is 0 Å². The van der Waals surface area contributed by atoms with Crippen LogP contribution in [0.4, 0.5) is 13.2 Å². The van der Waals surface area contributed by atoms with Crippen molar-refractivity contribution in [2.45, 2.75) is 28.8 Å². The minimum atomic E-state index is -4.79. The summed E-state index contributed by atoms with van der Waals surface area (Å²) in [6.07, 6.45) is -5.05. The summed E-state index contributed by atoms with van der Waals surface area (Å²) < 4.78 is 63.4. The number of carbonyl (C=O) groups is 1. The zero-order valence-electron chi connectivity index (χ0n) is 10.6. The van der Waals surface area contributed by atoms with E-state index in [1.807, 2.05) is 0 Å². The van der Waals surface area contributed by atoms with Gasteiger partial charge in [0.05, 0.1) is 15.7 Å². The molecule has 21 heavy (non-hydrogen) atoms. The maximum absolute atomic E-state index is 12.9. The number of sulfone groups is 1. The van der Waals surface area contributed by atoms with Crippen molar-refractivity contribution in [3.05, 3.63) is 29.8 Å². The molecule has 0 aliphatic carbocycles. The minimum absolute atomic E-state index is 0.189. The predicted octanol–water partition coefficient (Wildman–Crippen LogP) is 1.29. The van der Waals surface area contributed by atoms with E-state index in [1.165, 1.54) is 6.07 Å². The smallest absolute Gasteiger partial charge is 0.417 e. The molecular formula is C12H12F3NO4S. The van der Waals surface area contributed by atoms with E-state index in [1.54, 1.807) is 0 Å². The number of rotatable bonds is 3. The average Bonchev–Trinajstić information content (AvgIpc) is 2.88. The maximum Gasteiger partial charge on any atom is 0.417 e. The third kappa shape index (κ3) is 3.03. The van der Waals surface area contributed by atoms with E-state index in [4.69, 9.17) is 5.11 Å². The van der Waals surface area contributed by atoms with Gasteiger partial charge in [-0.15, -0.1) is 0 Å². The standard InChI is InChI=1S/C12H12F3NO4S/c13-12(14,15)8-3-1-2-4-10(8)21(19,20)7-5-9(11(17)18)16-6-7/h1-4,7,9,16H,5-6H2,(H,17,18). The molecule has 0 amide bonds. The molecule has 1 aliphatic rings. The highest BCUT2D eigenvalue weighted by atomic mass is 32.2. The van der Waals surface area contributed by atoms with Crippen molar-refractivity contribution in [2.24, 2.45) is 0 Å². The van der Waals surface area contributed by atoms with E-state index in [-0.39, 0.29) is 13.0 Å². The van der Waals surface area contributed by atoms with Gasteiger partial charge in [0.25, 0.3) is 0 Å². The lowest BCUT2D eigenvalue weighted by Gasteiger charge is -2.16. The van der Waals surface area contributed by atoms with Crippen LogP contribution in [0.15, 0.2) is 29.2 Å². The van der Waals surface area contributed by atoms with Crippen molar-refractivity contribution in [3.63, 3.8) is 0 Å². The van der Waals surface area contributed by atoms with Crippen LogP contribution in [-0.2, 0) is 20.8 Å². The summed E-state index contributed by atoms with van der Waals surface area (Å²) in [7, 11) is -4.26. The Morgan fingerprint density at radius 2 is 1.90 bits per heavy atom. The van der Waals surface area contributed by atoms with Crippen LogP contribution in [0, 0.1) is 0 Å². The van der Waals surface area contributed by atoms with Crippen LogP contribution in [0.5, 0.6) is 0 Å². The van der Waals surface area contributed by atoms with Crippen LogP contribution in [0.25, 0.3) is 0 Å². The molecule has 0 spiro atoms. The third-order valence-electron chi connectivity index (χ3n) is 3.33. The van der Waals surface area contributed by atoms with Crippen LogP contribution in [-0.4, -0.2) is 37.3 Å². The van der Waals surface area contributed by atoms with E-state index < -0.39 is 43.7 Å². The van der Waals surface area contributed by atoms with Gasteiger partial charge in [0.1, 0.15) is 6.04 Å². The number of nitrogens with one attached hydrogen (secondary N) is 1. The van der Waals surface area contributed by atoms with Crippen molar-refractivity contribution in [3.8, 4) is 0 Å². The third-order valence-corrected chi connectivity index (χ3v) is 5.53. The number of hydrogen-bond donors (Lipinski definition) is 2. The Bertz CT molecular complexity index is 657. The summed E-state index contributed by atoms with van der Waals surface area (Å²) in [5, 5.41) is 10.1. The zero-order chi connectivity index (χ0) is 15.8. The monoisotopic (exact) mass is 323 g/mol. The van der Waals surface area contributed by atoms with Gasteiger partial charge in [0, 0.05) is 6.54 Å². The van der Waals surface area contributed by atoms with Crippen molar-refractivity contribution in [1.82, 2.24) is 5.32 Å². The van der Waals surface area contributed by atoms with Crippen LogP contribution in [0.3, 0.4) is 0 Å². The van der Waals surface area contributed by atoms with E-state index in [2.05, 4.69) is 5.32 Å². The maximum atomic E-state index is 12.9. The second-order valence-corrected chi connectivity index (χ2v) is 6.89. The Hall–Kier alpha value is -1.61. The molecule has 5 nitrogen and oxygen atoms in total. The molecule has 0 saturated carbocycles. The molecule has 1 aromatic carbocycles. The molecular weight excluding hydrogens is 311 g/mol. The molecule has 2 N–H and O–H groups in total. The summed E-state index contributed by atoms with van der Waals surface area (Å²) in [6, 6.07) is 2.84. The largest absolute Gasteiger partial charge is 0.480 e. The highest BCUT2D eigenvalue weighted by Crippen LogP contribution is 2.36. The van der Waals surface area contributed by atoms with Gasteiger partial charge in [-0.3, -0.25) is 4.79 Å². The average molecular weight is 323 g/mol. The number of halogens is 3. The lowest BCUT2D eigenvalue weighted by Crippen LogP contribution is -2.30. The molecule has 116 valence electrons. The van der Waals surface area contributed by atoms with Crippen molar-refractivity contribution < 1.29 is 31.5 Å². The Kier molecular flexibility index (Phi) is 3.98. The molecule has 1 heterocycles. The fourth-order valence-corrected chi connectivity index (χ4v) is 4.14. The quantitative estimate of drug-likeness (QED) is 0.876. The Morgan fingerprint density at radius 3 is 2.43 bits per heavy atom. The number of carboxylic acids is 1. The summed E-state index contributed by atoms with van der Waals surface area (Å²) in [5.74, 6) is -1.23. The summed E-state index contributed by atoms with van der Waals surface area (Å²) >= 11 is 0. The predicted molar refractivity (Wildman–Crippen MR) is 66.5 cm³/mol. The number of benzene rings is 1. The molecule has 1 saturated heterocycles. The van der Waals surface area contributed by atoms with Gasteiger partial charge in [0.15, 0.2) is 9.84 Å². The van der Waals surface area contributed by atoms with Crippen LogP contribution < -0.4 is 5.32 Å². The van der Waals surface area contributed by atoms with Crippen LogP contribution >= 0.6 is 0 Å². The van der Waals surface area contributed by atoms with Crippen molar-refractivity contribution >= 4 is 15.8 Å². The molecule has 1 fully saturated rings. The molecule has 9 heteroatoms. The zero-order valence-corrected chi connectivity index (χ0v) is 11.4. The van der Waals surface area contributed by atoms with Gasteiger partial charge < -0.3 is 10.4 Å². The highest BCUT2D eigenvalue weighted by Gasteiger charge is 2.42. The van der Waals surface area contributed by atoms with Gasteiger partial charge in [-0.2, -0.15) is 13.2 Å². The number of aliphatic carboxylic acids is 1. The molecule has 0 radical (unpaired) electrons. The molecule has 2 atom stereocenters. The van der Waals surface area contributed by atoms with E-state index in [0.29, 0.717) is 6.07 Å². The van der Waals surface area contributed by atoms with E-state index >= 15 is 0 Å². The summed E-state index contributed by atoms with van der Waals surface area (Å²) in [5.41, 5.74) is -1.23. The lowest BCUT2D eigenvalue weighted by molar-refractivity contribution is -0.140. The molecule has 0 aromatic heterocycles. The van der Waals surface area contributed by atoms with Gasteiger partial charge in [-0.1, -0.05) is 12.1 Å². The second-order valence-electron chi connectivity index (χ2n) is 4.70. The van der Waals surface area contributed by atoms with Crippen molar-refractivity contribution in [2.75, 3.05) is 6.54 Å².